The van der Waals surface area contributed by atoms with Gasteiger partial charge in [0, 0.05) is 17.2 Å². The van der Waals surface area contributed by atoms with Gasteiger partial charge in [-0.05, 0) is 53.9 Å². The van der Waals surface area contributed by atoms with Gasteiger partial charge in [0.05, 0.1) is 25.1 Å². The lowest BCUT2D eigenvalue weighted by Crippen LogP contribution is -2.22. The van der Waals surface area contributed by atoms with Gasteiger partial charge in [-0.1, -0.05) is 35.9 Å². The maximum Gasteiger partial charge on any atom is 0.289 e. The van der Waals surface area contributed by atoms with Crippen molar-refractivity contribution in [1.82, 2.24) is 0 Å². The number of carbonyl (C=O) groups excluding carboxylic acids is 1. The maximum absolute atomic E-state index is 13.2. The normalized spacial score (nSPS) is 16.2. The molecule has 1 amide bonds. The van der Waals surface area contributed by atoms with Crippen LogP contribution in [-0.4, -0.2) is 25.1 Å². The molecule has 0 radical (unpaired) electrons. The third-order valence-electron chi connectivity index (χ3n) is 5.86. The Morgan fingerprint density at radius 2 is 1.62 bits per heavy atom. The summed E-state index contributed by atoms with van der Waals surface area (Å²) in [5, 5.41) is 14.0. The first kappa shape index (κ1) is 21.6. The molecule has 32 heavy (non-hydrogen) atoms. The minimum atomic E-state index is -0.577. The minimum absolute atomic E-state index is 0.0153. The van der Waals surface area contributed by atoms with Gasteiger partial charge in [0.15, 0.2) is 0 Å². The highest BCUT2D eigenvalue weighted by atomic mass is 35.5. The zero-order chi connectivity index (χ0) is 22.9. The molecule has 1 aliphatic carbocycles. The number of hydrogen-bond acceptors (Lipinski definition) is 5. The fourth-order valence-corrected chi connectivity index (χ4v) is 4.33. The summed E-state index contributed by atoms with van der Waals surface area (Å²) >= 11 is 5.89. The average Bonchev–Trinajstić information content (AvgIpc) is 3.57. The molecule has 0 aromatic heterocycles. The lowest BCUT2D eigenvalue weighted by Gasteiger charge is -2.20. The van der Waals surface area contributed by atoms with Crippen molar-refractivity contribution in [1.29, 1.82) is 0 Å². The number of nitro benzene ring substituents is 1. The number of nitrogens with zero attached hydrogens (tertiary/aromatic N) is 1. The molecule has 7 nitrogen and oxygen atoms in total. The second-order valence-electron chi connectivity index (χ2n) is 7.60. The molecule has 0 spiro atoms. The van der Waals surface area contributed by atoms with Gasteiger partial charge in [-0.25, -0.2) is 0 Å². The lowest BCUT2D eigenvalue weighted by atomic mass is 9.85. The molecular weight excluding hydrogens is 432 g/mol. The van der Waals surface area contributed by atoms with Crippen molar-refractivity contribution in [2.75, 3.05) is 19.5 Å². The van der Waals surface area contributed by atoms with Crippen LogP contribution in [0.25, 0.3) is 0 Å². The summed E-state index contributed by atoms with van der Waals surface area (Å²) in [6.45, 7) is 0. The smallest absolute Gasteiger partial charge is 0.289 e. The molecule has 0 saturated heterocycles. The number of methoxy groups -OCH3 is 2. The zero-order valence-corrected chi connectivity index (χ0v) is 18.3. The van der Waals surface area contributed by atoms with Gasteiger partial charge < -0.3 is 14.8 Å². The molecule has 164 valence electrons. The number of anilines is 1. The van der Waals surface area contributed by atoms with Crippen LogP contribution in [0.4, 0.5) is 11.4 Å². The SMILES string of the molecule is COc1cccc(C2(c3cccc(OC)c3)CC2C(=O)Nc2ccc(Cl)c([N+](=O)[O-])c2)c1. The number of hydrogen-bond donors (Lipinski definition) is 1. The number of amides is 1. The van der Waals surface area contributed by atoms with E-state index < -0.39 is 10.3 Å². The summed E-state index contributed by atoms with van der Waals surface area (Å²) in [5.74, 6) is 0.789. The van der Waals surface area contributed by atoms with E-state index in [1.165, 1.54) is 12.1 Å². The van der Waals surface area contributed by atoms with Crippen LogP contribution in [0.15, 0.2) is 66.7 Å². The van der Waals surface area contributed by atoms with Crippen molar-refractivity contribution in [3.63, 3.8) is 0 Å². The number of nitrogens with one attached hydrogen (secondary N) is 1. The first-order chi connectivity index (χ1) is 15.4. The molecule has 3 aromatic rings. The van der Waals surface area contributed by atoms with E-state index in [1.54, 1.807) is 20.3 Å². The van der Waals surface area contributed by atoms with Crippen molar-refractivity contribution >= 4 is 28.9 Å². The van der Waals surface area contributed by atoms with Gasteiger partial charge in [-0.15, -0.1) is 0 Å². The third kappa shape index (κ3) is 3.87. The highest BCUT2D eigenvalue weighted by molar-refractivity contribution is 6.32. The van der Waals surface area contributed by atoms with Gasteiger partial charge >= 0.3 is 0 Å². The monoisotopic (exact) mass is 452 g/mol. The average molecular weight is 453 g/mol. The van der Waals surface area contributed by atoms with Crippen LogP contribution in [0, 0.1) is 16.0 Å². The Labute approximate surface area is 190 Å². The Morgan fingerprint density at radius 3 is 2.16 bits per heavy atom. The Hall–Kier alpha value is -3.58. The van der Waals surface area contributed by atoms with E-state index in [2.05, 4.69) is 5.32 Å². The molecule has 0 heterocycles. The fourth-order valence-electron chi connectivity index (χ4n) is 4.15. The number of halogens is 1. The number of carbonyl (C=O) groups is 1. The largest absolute Gasteiger partial charge is 0.497 e. The van der Waals surface area contributed by atoms with Crippen molar-refractivity contribution in [2.45, 2.75) is 11.8 Å². The molecule has 1 saturated carbocycles. The van der Waals surface area contributed by atoms with Gasteiger partial charge in [0.1, 0.15) is 16.5 Å². The van der Waals surface area contributed by atoms with Crippen LogP contribution in [-0.2, 0) is 10.2 Å². The minimum Gasteiger partial charge on any atom is -0.497 e. The van der Waals surface area contributed by atoms with Crippen molar-refractivity contribution < 1.29 is 19.2 Å². The predicted molar refractivity (Wildman–Crippen MR) is 122 cm³/mol. The first-order valence-corrected chi connectivity index (χ1v) is 10.3. The Bertz CT molecular complexity index is 1150. The molecule has 0 bridgehead atoms. The van der Waals surface area contributed by atoms with E-state index >= 15 is 0 Å². The molecule has 3 aromatic carbocycles. The standard InChI is InChI=1S/C24H21ClN2O5/c1-31-18-7-3-5-15(11-18)24(16-6-4-8-19(12-16)32-2)14-20(24)23(28)26-17-9-10-21(25)22(13-17)27(29)30/h3-13,20H,14H2,1-2H3,(H,26,28). The van der Waals surface area contributed by atoms with Crippen molar-refractivity contribution in [3.8, 4) is 11.5 Å². The quantitative estimate of drug-likeness (QED) is 0.392. The Morgan fingerprint density at radius 1 is 1.03 bits per heavy atom. The van der Waals surface area contributed by atoms with Crippen LogP contribution in [0.5, 0.6) is 11.5 Å². The Kier molecular flexibility index (Phi) is 5.76. The van der Waals surface area contributed by atoms with Gasteiger partial charge in [0.25, 0.3) is 5.69 Å². The maximum atomic E-state index is 13.2. The molecule has 0 aliphatic heterocycles. The highest BCUT2D eigenvalue weighted by Crippen LogP contribution is 2.60. The summed E-state index contributed by atoms with van der Waals surface area (Å²) in [4.78, 5) is 23.8. The molecule has 1 N–H and O–H groups in total. The lowest BCUT2D eigenvalue weighted by molar-refractivity contribution is -0.384. The van der Waals surface area contributed by atoms with E-state index in [4.69, 9.17) is 21.1 Å². The van der Waals surface area contributed by atoms with Crippen LogP contribution in [0.2, 0.25) is 5.02 Å². The van der Waals surface area contributed by atoms with Crippen LogP contribution in [0.3, 0.4) is 0 Å². The van der Waals surface area contributed by atoms with Crippen LogP contribution >= 0.6 is 11.6 Å². The Balaban J connectivity index is 1.70. The van der Waals surface area contributed by atoms with E-state index in [0.29, 0.717) is 23.6 Å². The summed E-state index contributed by atoms with van der Waals surface area (Å²) in [6.07, 6.45) is 0.578. The zero-order valence-electron chi connectivity index (χ0n) is 17.5. The second kappa shape index (κ2) is 8.51. The van der Waals surface area contributed by atoms with E-state index in [1.807, 2.05) is 48.5 Å². The summed E-state index contributed by atoms with van der Waals surface area (Å²) in [6, 6.07) is 19.5. The van der Waals surface area contributed by atoms with Crippen LogP contribution < -0.4 is 14.8 Å². The number of benzene rings is 3. The third-order valence-corrected chi connectivity index (χ3v) is 6.18. The summed E-state index contributed by atoms with van der Waals surface area (Å²) in [7, 11) is 3.20. The molecule has 8 heteroatoms. The highest BCUT2D eigenvalue weighted by Gasteiger charge is 2.60. The summed E-state index contributed by atoms with van der Waals surface area (Å²) in [5.41, 5.74) is 1.40. The molecule has 1 unspecified atom stereocenters. The van der Waals surface area contributed by atoms with Crippen LogP contribution in [0.1, 0.15) is 17.5 Å². The van der Waals surface area contributed by atoms with E-state index in [0.717, 1.165) is 11.1 Å². The van der Waals surface area contributed by atoms with Gasteiger partial charge in [-0.3, -0.25) is 14.9 Å². The van der Waals surface area contributed by atoms with Gasteiger partial charge in [0.2, 0.25) is 5.91 Å². The molecule has 1 fully saturated rings. The number of nitro groups is 1. The first-order valence-electron chi connectivity index (χ1n) is 9.93. The van der Waals surface area contributed by atoms with E-state index in [-0.39, 0.29) is 22.5 Å². The summed E-state index contributed by atoms with van der Waals surface area (Å²) < 4.78 is 10.8. The number of ether oxygens (including phenoxy) is 2. The predicted octanol–water partition coefficient (Wildman–Crippen LogP) is 5.21. The topological polar surface area (TPSA) is 90.7 Å². The van der Waals surface area contributed by atoms with Crippen molar-refractivity contribution in [2.24, 2.45) is 5.92 Å². The van der Waals surface area contributed by atoms with Crippen molar-refractivity contribution in [3.05, 3.63) is 93.0 Å². The molecule has 1 atom stereocenters. The molecule has 4 rings (SSSR count). The number of rotatable bonds is 7. The molecule has 1 aliphatic rings. The second-order valence-corrected chi connectivity index (χ2v) is 8.01. The molecular formula is C24H21ClN2O5. The van der Waals surface area contributed by atoms with Gasteiger partial charge in [-0.2, -0.15) is 0 Å². The fraction of sp³-hybridized carbons (Fsp3) is 0.208. The van der Waals surface area contributed by atoms with E-state index in [9.17, 15) is 14.9 Å².